The highest BCUT2D eigenvalue weighted by molar-refractivity contribution is 7.12. The molecule has 0 radical (unpaired) electrons. The Morgan fingerprint density at radius 2 is 2.29 bits per heavy atom. The van der Waals surface area contributed by atoms with Crippen LogP contribution in [0.3, 0.4) is 0 Å². The van der Waals surface area contributed by atoms with Gasteiger partial charge < -0.3 is 5.32 Å². The van der Waals surface area contributed by atoms with Crippen molar-refractivity contribution in [2.45, 2.75) is 32.7 Å². The van der Waals surface area contributed by atoms with Crippen molar-refractivity contribution in [3.63, 3.8) is 0 Å². The summed E-state index contributed by atoms with van der Waals surface area (Å²) in [7, 11) is 2.07. The average molecular weight is 252 g/mol. The lowest BCUT2D eigenvalue weighted by atomic mass is 9.99. The number of nitrogens with one attached hydrogen (secondary N) is 1. The molecule has 0 bridgehead atoms. The van der Waals surface area contributed by atoms with Crippen molar-refractivity contribution in [1.29, 1.82) is 0 Å². The molecule has 2 heterocycles. The van der Waals surface area contributed by atoms with Crippen molar-refractivity contribution in [2.75, 3.05) is 26.7 Å². The minimum atomic E-state index is 0.654. The second-order valence-corrected chi connectivity index (χ2v) is 6.36. The third kappa shape index (κ3) is 2.90. The molecule has 1 fully saturated rings. The van der Waals surface area contributed by atoms with Crippen LogP contribution in [0.1, 0.15) is 35.6 Å². The third-order valence-electron chi connectivity index (χ3n) is 3.66. The molecule has 1 aromatic rings. The molecule has 0 aromatic carbocycles. The molecule has 0 saturated carbocycles. The van der Waals surface area contributed by atoms with Gasteiger partial charge >= 0.3 is 0 Å². The number of rotatable bonds is 5. The Kier molecular flexibility index (Phi) is 4.60. The molecule has 0 spiro atoms. The van der Waals surface area contributed by atoms with Gasteiger partial charge in [-0.1, -0.05) is 6.92 Å². The Morgan fingerprint density at radius 1 is 1.47 bits per heavy atom. The Balaban J connectivity index is 2.16. The largest absolute Gasteiger partial charge is 0.319 e. The summed E-state index contributed by atoms with van der Waals surface area (Å²) in [5, 5.41) is 3.36. The first-order chi connectivity index (χ1) is 8.26. The van der Waals surface area contributed by atoms with E-state index in [9.17, 15) is 0 Å². The van der Waals surface area contributed by atoms with E-state index in [1.54, 1.807) is 4.88 Å². The molecule has 1 N–H and O–H groups in total. The van der Waals surface area contributed by atoms with E-state index >= 15 is 0 Å². The molecule has 1 saturated heterocycles. The van der Waals surface area contributed by atoms with Crippen LogP contribution in [-0.4, -0.2) is 31.6 Å². The first-order valence-corrected chi connectivity index (χ1v) is 7.53. The molecular weight excluding hydrogens is 228 g/mol. The molecule has 1 aromatic heterocycles. The summed E-state index contributed by atoms with van der Waals surface area (Å²) >= 11 is 1.97. The van der Waals surface area contributed by atoms with E-state index in [4.69, 9.17) is 0 Å². The monoisotopic (exact) mass is 252 g/mol. The highest BCUT2D eigenvalue weighted by Gasteiger charge is 2.34. The summed E-state index contributed by atoms with van der Waals surface area (Å²) in [5.74, 6) is 0.782. The SMILES string of the molecule is CCCN1CCC(CNC)C1c1ccc(C)s1. The maximum absolute atomic E-state index is 3.36. The molecule has 17 heavy (non-hydrogen) atoms. The molecule has 2 nitrogen and oxygen atoms in total. The quantitative estimate of drug-likeness (QED) is 0.866. The molecule has 0 amide bonds. The summed E-state index contributed by atoms with van der Waals surface area (Å²) in [6.07, 6.45) is 2.59. The molecule has 0 aliphatic carbocycles. The fourth-order valence-electron chi connectivity index (χ4n) is 2.97. The van der Waals surface area contributed by atoms with Crippen molar-refractivity contribution in [2.24, 2.45) is 5.92 Å². The van der Waals surface area contributed by atoms with Gasteiger partial charge in [0.2, 0.25) is 0 Å². The molecule has 1 aliphatic heterocycles. The van der Waals surface area contributed by atoms with Crippen LogP contribution in [0.4, 0.5) is 0 Å². The van der Waals surface area contributed by atoms with E-state index in [0.717, 1.165) is 12.5 Å². The van der Waals surface area contributed by atoms with Crippen molar-refractivity contribution in [1.82, 2.24) is 10.2 Å². The Bertz CT molecular complexity index is 334. The fourth-order valence-corrected chi connectivity index (χ4v) is 4.07. The zero-order valence-corrected chi connectivity index (χ0v) is 12.0. The highest BCUT2D eigenvalue weighted by atomic mass is 32.1. The van der Waals surface area contributed by atoms with E-state index < -0.39 is 0 Å². The van der Waals surface area contributed by atoms with Crippen LogP contribution in [0.2, 0.25) is 0 Å². The number of likely N-dealkylation sites (tertiary alicyclic amines) is 1. The van der Waals surface area contributed by atoms with Gasteiger partial charge in [0, 0.05) is 15.8 Å². The zero-order valence-electron chi connectivity index (χ0n) is 11.2. The lowest BCUT2D eigenvalue weighted by Gasteiger charge is -2.27. The smallest absolute Gasteiger partial charge is 0.0482 e. The van der Waals surface area contributed by atoms with Gasteiger partial charge in [-0.15, -0.1) is 11.3 Å². The number of nitrogens with zero attached hydrogens (tertiary/aromatic N) is 1. The van der Waals surface area contributed by atoms with Crippen molar-refractivity contribution in [3.8, 4) is 0 Å². The Morgan fingerprint density at radius 3 is 2.88 bits per heavy atom. The standard InChI is InChI=1S/C14H24N2S/c1-4-8-16-9-7-12(10-15-3)14(16)13-6-5-11(2)17-13/h5-6,12,14-15H,4,7-10H2,1-3H3. The van der Waals surface area contributed by atoms with E-state index in [0.29, 0.717) is 6.04 Å². The second kappa shape index (κ2) is 5.98. The lowest BCUT2D eigenvalue weighted by molar-refractivity contribution is 0.231. The summed E-state index contributed by atoms with van der Waals surface area (Å²) in [6.45, 7) is 8.13. The third-order valence-corrected chi connectivity index (χ3v) is 4.73. The summed E-state index contributed by atoms with van der Waals surface area (Å²) in [4.78, 5) is 5.67. The maximum atomic E-state index is 3.36. The van der Waals surface area contributed by atoms with Gasteiger partial charge in [0.05, 0.1) is 0 Å². The average Bonchev–Trinajstić information content (AvgIpc) is 2.87. The Hall–Kier alpha value is -0.380. The van der Waals surface area contributed by atoms with Crippen molar-refractivity contribution >= 4 is 11.3 Å². The number of thiophene rings is 1. The van der Waals surface area contributed by atoms with Gasteiger partial charge in [0.1, 0.15) is 0 Å². The number of aryl methyl sites for hydroxylation is 1. The van der Waals surface area contributed by atoms with Crippen LogP contribution in [0, 0.1) is 12.8 Å². The fraction of sp³-hybridized carbons (Fsp3) is 0.714. The first kappa shape index (κ1) is 13.1. The summed E-state index contributed by atoms with van der Waals surface area (Å²) in [5.41, 5.74) is 0. The number of hydrogen-bond acceptors (Lipinski definition) is 3. The molecule has 1 aliphatic rings. The summed E-state index contributed by atoms with van der Waals surface area (Å²) in [6, 6.07) is 5.25. The first-order valence-electron chi connectivity index (χ1n) is 6.71. The minimum Gasteiger partial charge on any atom is -0.319 e. The van der Waals surface area contributed by atoms with Crippen LogP contribution in [0.25, 0.3) is 0 Å². The number of hydrogen-bond donors (Lipinski definition) is 1. The van der Waals surface area contributed by atoms with Crippen LogP contribution < -0.4 is 5.32 Å². The van der Waals surface area contributed by atoms with E-state index in [1.807, 2.05) is 11.3 Å². The van der Waals surface area contributed by atoms with Gasteiger partial charge in [0.25, 0.3) is 0 Å². The van der Waals surface area contributed by atoms with Crippen LogP contribution >= 0.6 is 11.3 Å². The molecule has 3 heteroatoms. The summed E-state index contributed by atoms with van der Waals surface area (Å²) < 4.78 is 0. The van der Waals surface area contributed by atoms with E-state index in [2.05, 4.69) is 43.2 Å². The lowest BCUT2D eigenvalue weighted by Crippen LogP contribution is -2.29. The van der Waals surface area contributed by atoms with Crippen LogP contribution in [0.15, 0.2) is 12.1 Å². The van der Waals surface area contributed by atoms with Crippen LogP contribution in [0.5, 0.6) is 0 Å². The predicted molar refractivity (Wildman–Crippen MR) is 75.7 cm³/mol. The molecular formula is C14H24N2S. The van der Waals surface area contributed by atoms with Crippen LogP contribution in [-0.2, 0) is 0 Å². The topological polar surface area (TPSA) is 15.3 Å². The maximum Gasteiger partial charge on any atom is 0.0482 e. The second-order valence-electron chi connectivity index (χ2n) is 5.04. The predicted octanol–water partition coefficient (Wildman–Crippen LogP) is 3.05. The molecule has 2 rings (SSSR count). The van der Waals surface area contributed by atoms with E-state index in [1.165, 1.54) is 30.8 Å². The minimum absolute atomic E-state index is 0.654. The Labute approximate surface area is 109 Å². The van der Waals surface area contributed by atoms with Crippen molar-refractivity contribution < 1.29 is 0 Å². The van der Waals surface area contributed by atoms with Gasteiger partial charge in [0.15, 0.2) is 0 Å². The normalized spacial score (nSPS) is 25.6. The zero-order chi connectivity index (χ0) is 12.3. The van der Waals surface area contributed by atoms with Gasteiger partial charge in [-0.25, -0.2) is 0 Å². The van der Waals surface area contributed by atoms with Crippen molar-refractivity contribution in [3.05, 3.63) is 21.9 Å². The van der Waals surface area contributed by atoms with Gasteiger partial charge in [-0.3, -0.25) is 4.90 Å². The molecule has 2 unspecified atom stereocenters. The van der Waals surface area contributed by atoms with E-state index in [-0.39, 0.29) is 0 Å². The van der Waals surface area contributed by atoms with Gasteiger partial charge in [-0.05, 0) is 64.5 Å². The van der Waals surface area contributed by atoms with Gasteiger partial charge in [-0.2, -0.15) is 0 Å². The molecule has 96 valence electrons. The molecule has 2 atom stereocenters. The highest BCUT2D eigenvalue weighted by Crippen LogP contribution is 2.39.